The van der Waals surface area contributed by atoms with Gasteiger partial charge in [0.05, 0.1) is 0 Å². The molecule has 2 heteroatoms. The second-order valence-corrected chi connectivity index (χ2v) is 5.01. The third-order valence-corrected chi connectivity index (χ3v) is 3.64. The second kappa shape index (κ2) is 5.27. The molecule has 2 aromatic rings. The molecule has 1 amide bonds. The van der Waals surface area contributed by atoms with E-state index in [1.54, 1.807) is 0 Å². The minimum absolute atomic E-state index is 0.0282. The van der Waals surface area contributed by atoms with E-state index >= 15 is 0 Å². The number of carbonyl (C=O) groups is 1. The largest absolute Gasteiger partial charge is 0.322 e. The normalized spacial score (nSPS) is 13.7. The Bertz CT molecular complexity index is 589. The molecule has 2 nitrogen and oxygen atoms in total. The minimum atomic E-state index is -0.0282. The second-order valence-electron chi connectivity index (χ2n) is 5.01. The fourth-order valence-electron chi connectivity index (χ4n) is 2.60. The van der Waals surface area contributed by atoms with E-state index in [-0.39, 0.29) is 5.91 Å². The fraction of sp³-hybridized carbons (Fsp3) is 0.235. The van der Waals surface area contributed by atoms with E-state index in [9.17, 15) is 4.79 Å². The predicted molar refractivity (Wildman–Crippen MR) is 77.5 cm³/mol. The van der Waals surface area contributed by atoms with E-state index < -0.39 is 0 Å². The first-order chi connectivity index (χ1) is 9.33. The van der Waals surface area contributed by atoms with Gasteiger partial charge in [0.25, 0.3) is 5.91 Å². The van der Waals surface area contributed by atoms with Gasteiger partial charge in [0.2, 0.25) is 0 Å². The number of carbonyl (C=O) groups excluding carboxylic acids is 1. The van der Waals surface area contributed by atoms with Crippen molar-refractivity contribution >= 4 is 11.6 Å². The molecule has 0 spiro atoms. The summed E-state index contributed by atoms with van der Waals surface area (Å²) >= 11 is 0. The third-order valence-electron chi connectivity index (χ3n) is 3.64. The van der Waals surface area contributed by atoms with E-state index in [0.717, 1.165) is 24.1 Å². The van der Waals surface area contributed by atoms with Crippen LogP contribution in [0.2, 0.25) is 0 Å². The molecule has 0 aliphatic heterocycles. The van der Waals surface area contributed by atoms with Gasteiger partial charge in [-0.3, -0.25) is 4.79 Å². The molecule has 96 valence electrons. The number of hydrogen-bond donors (Lipinski definition) is 1. The topological polar surface area (TPSA) is 29.1 Å². The Labute approximate surface area is 113 Å². The average Bonchev–Trinajstić information content (AvgIpc) is 2.48. The maximum atomic E-state index is 12.2. The summed E-state index contributed by atoms with van der Waals surface area (Å²) in [5.74, 6) is -0.0282. The summed E-state index contributed by atoms with van der Waals surface area (Å²) in [6, 6.07) is 15.7. The van der Waals surface area contributed by atoms with Crippen LogP contribution in [-0.2, 0) is 12.8 Å². The Kier molecular flexibility index (Phi) is 3.32. The summed E-state index contributed by atoms with van der Waals surface area (Å²) in [6.45, 7) is 0. The third kappa shape index (κ3) is 2.68. The molecular formula is C17H17NO. The quantitative estimate of drug-likeness (QED) is 0.863. The van der Waals surface area contributed by atoms with Crippen LogP contribution in [0, 0.1) is 0 Å². The maximum absolute atomic E-state index is 12.2. The van der Waals surface area contributed by atoms with Crippen LogP contribution in [0.15, 0.2) is 48.5 Å². The first kappa shape index (κ1) is 12.0. The van der Waals surface area contributed by atoms with Crippen LogP contribution in [-0.4, -0.2) is 5.91 Å². The highest BCUT2D eigenvalue weighted by molar-refractivity contribution is 6.04. The van der Waals surface area contributed by atoms with E-state index in [1.807, 2.05) is 42.5 Å². The van der Waals surface area contributed by atoms with Gasteiger partial charge in [0, 0.05) is 11.3 Å². The van der Waals surface area contributed by atoms with Crippen LogP contribution in [0.5, 0.6) is 0 Å². The zero-order valence-electron chi connectivity index (χ0n) is 10.9. The smallest absolute Gasteiger partial charge is 0.255 e. The molecule has 3 rings (SSSR count). The molecule has 1 N–H and O–H groups in total. The van der Waals surface area contributed by atoms with Gasteiger partial charge in [0.15, 0.2) is 0 Å². The SMILES string of the molecule is O=C(Nc1ccccc1)c1ccc2c(c1)CCCC2. The molecule has 0 atom stereocenters. The number of aryl methyl sites for hydroxylation is 2. The molecule has 0 saturated carbocycles. The molecule has 0 fully saturated rings. The van der Waals surface area contributed by atoms with Crippen molar-refractivity contribution in [1.29, 1.82) is 0 Å². The first-order valence-electron chi connectivity index (χ1n) is 6.81. The lowest BCUT2D eigenvalue weighted by molar-refractivity contribution is 0.102. The van der Waals surface area contributed by atoms with Crippen LogP contribution in [0.3, 0.4) is 0 Å². The van der Waals surface area contributed by atoms with Crippen molar-refractivity contribution in [1.82, 2.24) is 0 Å². The summed E-state index contributed by atoms with van der Waals surface area (Å²) in [6.07, 6.45) is 4.75. The molecule has 19 heavy (non-hydrogen) atoms. The lowest BCUT2D eigenvalue weighted by Crippen LogP contribution is -2.13. The Balaban J connectivity index is 1.80. The van der Waals surface area contributed by atoms with Crippen LogP contribution < -0.4 is 5.32 Å². The van der Waals surface area contributed by atoms with Gasteiger partial charge in [-0.15, -0.1) is 0 Å². The molecule has 0 aromatic heterocycles. The van der Waals surface area contributed by atoms with Crippen molar-refractivity contribution in [2.24, 2.45) is 0 Å². The highest BCUT2D eigenvalue weighted by atomic mass is 16.1. The molecule has 0 heterocycles. The first-order valence-corrected chi connectivity index (χ1v) is 6.81. The highest BCUT2D eigenvalue weighted by Gasteiger charge is 2.12. The molecule has 0 saturated heterocycles. The summed E-state index contributed by atoms with van der Waals surface area (Å²) in [7, 11) is 0. The summed E-state index contributed by atoms with van der Waals surface area (Å²) in [5, 5.41) is 2.93. The number of fused-ring (bicyclic) bond motifs is 1. The zero-order valence-corrected chi connectivity index (χ0v) is 10.9. The minimum Gasteiger partial charge on any atom is -0.322 e. The monoisotopic (exact) mass is 251 g/mol. The number of anilines is 1. The number of benzene rings is 2. The van der Waals surface area contributed by atoms with Gasteiger partial charge >= 0.3 is 0 Å². The molecular weight excluding hydrogens is 234 g/mol. The van der Waals surface area contributed by atoms with Gasteiger partial charge in [-0.1, -0.05) is 24.3 Å². The van der Waals surface area contributed by atoms with E-state index in [2.05, 4.69) is 11.4 Å². The lowest BCUT2D eigenvalue weighted by atomic mass is 9.90. The molecule has 1 aliphatic carbocycles. The van der Waals surface area contributed by atoms with E-state index in [4.69, 9.17) is 0 Å². The molecule has 0 bridgehead atoms. The number of amides is 1. The summed E-state index contributed by atoms with van der Waals surface area (Å²) in [4.78, 5) is 12.2. The van der Waals surface area contributed by atoms with Crippen LogP contribution >= 0.6 is 0 Å². The molecule has 2 aromatic carbocycles. The van der Waals surface area contributed by atoms with Gasteiger partial charge in [0.1, 0.15) is 0 Å². The van der Waals surface area contributed by atoms with Crippen LogP contribution in [0.25, 0.3) is 0 Å². The number of para-hydroxylation sites is 1. The van der Waals surface area contributed by atoms with Gasteiger partial charge in [-0.2, -0.15) is 0 Å². The number of rotatable bonds is 2. The van der Waals surface area contributed by atoms with Gasteiger partial charge in [-0.25, -0.2) is 0 Å². The molecule has 1 aliphatic rings. The molecule has 0 unspecified atom stereocenters. The van der Waals surface area contributed by atoms with Crippen molar-refractivity contribution in [3.8, 4) is 0 Å². The van der Waals surface area contributed by atoms with Gasteiger partial charge < -0.3 is 5.32 Å². The van der Waals surface area contributed by atoms with Gasteiger partial charge in [-0.05, 0) is 61.1 Å². The Morgan fingerprint density at radius 1 is 0.895 bits per heavy atom. The van der Waals surface area contributed by atoms with Crippen molar-refractivity contribution < 1.29 is 4.79 Å². The van der Waals surface area contributed by atoms with Crippen molar-refractivity contribution in [3.05, 3.63) is 65.2 Å². The van der Waals surface area contributed by atoms with Crippen LogP contribution in [0.4, 0.5) is 5.69 Å². The average molecular weight is 251 g/mol. The standard InChI is InChI=1S/C17H17NO/c19-17(18-16-8-2-1-3-9-16)15-11-10-13-6-4-5-7-14(13)12-15/h1-3,8-12H,4-7H2,(H,18,19). The summed E-state index contributed by atoms with van der Waals surface area (Å²) in [5.41, 5.74) is 4.34. The highest BCUT2D eigenvalue weighted by Crippen LogP contribution is 2.22. The fourth-order valence-corrected chi connectivity index (χ4v) is 2.60. The number of nitrogens with one attached hydrogen (secondary N) is 1. The van der Waals surface area contributed by atoms with Crippen LogP contribution in [0.1, 0.15) is 34.3 Å². The summed E-state index contributed by atoms with van der Waals surface area (Å²) < 4.78 is 0. The van der Waals surface area contributed by atoms with E-state index in [1.165, 1.54) is 24.0 Å². The van der Waals surface area contributed by atoms with Crippen molar-refractivity contribution in [3.63, 3.8) is 0 Å². The van der Waals surface area contributed by atoms with Crippen molar-refractivity contribution in [2.45, 2.75) is 25.7 Å². The number of hydrogen-bond acceptors (Lipinski definition) is 1. The maximum Gasteiger partial charge on any atom is 0.255 e. The lowest BCUT2D eigenvalue weighted by Gasteiger charge is -2.16. The Morgan fingerprint density at radius 3 is 2.42 bits per heavy atom. The molecule has 0 radical (unpaired) electrons. The zero-order chi connectivity index (χ0) is 13.1. The Hall–Kier alpha value is -2.09. The Morgan fingerprint density at radius 2 is 1.63 bits per heavy atom. The van der Waals surface area contributed by atoms with E-state index in [0.29, 0.717) is 0 Å². The predicted octanol–water partition coefficient (Wildman–Crippen LogP) is 3.82. The van der Waals surface area contributed by atoms with Crippen molar-refractivity contribution in [2.75, 3.05) is 5.32 Å².